The SMILES string of the molecule is CC(C)N(COc1c(OP(C(C)(C)C)C(C)(C)C)cc(C(C)(C)C)cc1C(C)(C)C)C(C)C. The first-order chi connectivity index (χ1) is 14.6. The zero-order valence-corrected chi connectivity index (χ0v) is 25.6. The number of rotatable bonds is 7. The first kappa shape index (κ1) is 30.2. The summed E-state index contributed by atoms with van der Waals surface area (Å²) in [6.07, 6.45) is 0. The summed E-state index contributed by atoms with van der Waals surface area (Å²) in [5, 5.41) is 0.0960. The molecule has 0 unspecified atom stereocenters. The summed E-state index contributed by atoms with van der Waals surface area (Å²) in [6.45, 7) is 36.8. The van der Waals surface area contributed by atoms with Crippen molar-refractivity contribution in [2.24, 2.45) is 0 Å². The highest BCUT2D eigenvalue weighted by Gasteiger charge is 2.39. The second-order valence-electron chi connectivity index (χ2n) is 14.1. The largest absolute Gasteiger partial charge is 0.474 e. The van der Waals surface area contributed by atoms with Gasteiger partial charge in [-0.2, -0.15) is 0 Å². The molecule has 0 saturated carbocycles. The fourth-order valence-corrected chi connectivity index (χ4v) is 7.11. The lowest BCUT2D eigenvalue weighted by molar-refractivity contribution is 0.0667. The Kier molecular flexibility index (Phi) is 9.58. The molecule has 0 aromatic heterocycles. The van der Waals surface area contributed by atoms with E-state index in [1.807, 2.05) is 0 Å². The lowest BCUT2D eigenvalue weighted by Crippen LogP contribution is -2.40. The molecule has 0 radical (unpaired) electrons. The van der Waals surface area contributed by atoms with Crippen LogP contribution in [0.1, 0.15) is 122 Å². The predicted octanol–water partition coefficient (Wildman–Crippen LogP) is 9.11. The van der Waals surface area contributed by atoms with E-state index in [-0.39, 0.29) is 21.1 Å². The molecule has 0 fully saturated rings. The van der Waals surface area contributed by atoms with E-state index < -0.39 is 8.15 Å². The van der Waals surface area contributed by atoms with E-state index in [1.165, 1.54) is 11.1 Å². The molecule has 0 bridgehead atoms. The number of hydrogen-bond acceptors (Lipinski definition) is 3. The van der Waals surface area contributed by atoms with E-state index in [0.717, 1.165) is 11.5 Å². The van der Waals surface area contributed by atoms with Gasteiger partial charge in [-0.1, -0.05) is 89.2 Å². The number of nitrogens with zero attached hydrogens (tertiary/aromatic N) is 1. The maximum atomic E-state index is 7.02. The molecule has 0 atom stereocenters. The van der Waals surface area contributed by atoms with E-state index in [4.69, 9.17) is 9.26 Å². The maximum absolute atomic E-state index is 7.02. The van der Waals surface area contributed by atoms with Crippen LogP contribution in [0.5, 0.6) is 11.5 Å². The molecule has 0 aliphatic heterocycles. The number of benzene rings is 1. The van der Waals surface area contributed by atoms with Crippen molar-refractivity contribution in [3.05, 3.63) is 23.3 Å². The van der Waals surface area contributed by atoms with Gasteiger partial charge in [0.25, 0.3) is 0 Å². The Morgan fingerprint density at radius 1 is 0.727 bits per heavy atom. The van der Waals surface area contributed by atoms with Crippen LogP contribution in [-0.2, 0) is 10.8 Å². The lowest BCUT2D eigenvalue weighted by atomic mass is 9.80. The predicted molar refractivity (Wildman–Crippen MR) is 149 cm³/mol. The van der Waals surface area contributed by atoms with Crippen LogP contribution in [-0.4, -0.2) is 34.0 Å². The second-order valence-corrected chi connectivity index (χ2v) is 17.5. The average Bonchev–Trinajstić information content (AvgIpc) is 2.55. The molecule has 1 aromatic carbocycles. The van der Waals surface area contributed by atoms with Gasteiger partial charge in [-0.3, -0.25) is 4.90 Å². The molecule has 0 saturated heterocycles. The smallest absolute Gasteiger partial charge is 0.167 e. The monoisotopic (exact) mass is 479 g/mol. The Hall–Kier alpha value is -0.790. The summed E-state index contributed by atoms with van der Waals surface area (Å²) >= 11 is 0. The first-order valence-corrected chi connectivity index (χ1v) is 13.9. The molecule has 4 heteroatoms. The number of ether oxygens (including phenoxy) is 1. The molecule has 0 aliphatic carbocycles. The molecule has 0 heterocycles. The third-order valence-electron chi connectivity index (χ3n) is 5.82. The van der Waals surface area contributed by atoms with Crippen molar-refractivity contribution < 1.29 is 9.26 Å². The Morgan fingerprint density at radius 3 is 1.52 bits per heavy atom. The minimum atomic E-state index is -0.776. The minimum Gasteiger partial charge on any atom is -0.474 e. The minimum absolute atomic E-state index is 0.0186. The van der Waals surface area contributed by atoms with Crippen molar-refractivity contribution in [1.82, 2.24) is 4.90 Å². The molecular weight excluding hydrogens is 425 g/mol. The van der Waals surface area contributed by atoms with Gasteiger partial charge >= 0.3 is 0 Å². The van der Waals surface area contributed by atoms with E-state index in [0.29, 0.717) is 18.8 Å². The van der Waals surface area contributed by atoms with Gasteiger partial charge in [0.15, 0.2) is 11.5 Å². The van der Waals surface area contributed by atoms with Gasteiger partial charge in [0, 0.05) is 28.0 Å². The van der Waals surface area contributed by atoms with Gasteiger partial charge in [-0.15, -0.1) is 0 Å². The van der Waals surface area contributed by atoms with Gasteiger partial charge in [0.2, 0.25) is 0 Å². The molecular formula is C29H54NO2P. The Labute approximate surface area is 207 Å². The molecule has 0 aliphatic rings. The fraction of sp³-hybridized carbons (Fsp3) is 0.793. The van der Waals surface area contributed by atoms with E-state index >= 15 is 0 Å². The van der Waals surface area contributed by atoms with Crippen molar-refractivity contribution in [1.29, 1.82) is 0 Å². The van der Waals surface area contributed by atoms with Crippen molar-refractivity contribution >= 4 is 8.15 Å². The van der Waals surface area contributed by atoms with Crippen LogP contribution in [0.15, 0.2) is 12.1 Å². The number of hydrogen-bond donors (Lipinski definition) is 0. The quantitative estimate of drug-likeness (QED) is 0.287. The van der Waals surface area contributed by atoms with Crippen molar-refractivity contribution in [3.8, 4) is 11.5 Å². The summed E-state index contributed by atoms with van der Waals surface area (Å²) in [7, 11) is -0.776. The topological polar surface area (TPSA) is 21.7 Å². The maximum Gasteiger partial charge on any atom is 0.167 e. The molecule has 3 nitrogen and oxygen atoms in total. The second kappa shape index (κ2) is 10.4. The van der Waals surface area contributed by atoms with Gasteiger partial charge in [0.05, 0.1) is 8.15 Å². The highest BCUT2D eigenvalue weighted by molar-refractivity contribution is 7.56. The summed E-state index contributed by atoms with van der Waals surface area (Å²) in [5.74, 6) is 1.80. The van der Waals surface area contributed by atoms with Crippen LogP contribution in [0, 0.1) is 0 Å². The highest BCUT2D eigenvalue weighted by Crippen LogP contribution is 2.61. The molecule has 192 valence electrons. The van der Waals surface area contributed by atoms with Crippen molar-refractivity contribution in [2.45, 2.75) is 144 Å². The normalized spacial score (nSPS) is 14.1. The van der Waals surface area contributed by atoms with Crippen LogP contribution in [0.2, 0.25) is 0 Å². The fourth-order valence-electron chi connectivity index (χ4n) is 4.22. The average molecular weight is 480 g/mol. The van der Waals surface area contributed by atoms with Crippen LogP contribution >= 0.6 is 8.15 Å². The van der Waals surface area contributed by atoms with Gasteiger partial charge in [-0.05, 0) is 50.2 Å². The Bertz CT molecular complexity index is 749. The van der Waals surface area contributed by atoms with Gasteiger partial charge < -0.3 is 9.26 Å². The highest BCUT2D eigenvalue weighted by atomic mass is 31.1. The third kappa shape index (κ3) is 8.43. The molecule has 0 amide bonds. The Morgan fingerprint density at radius 2 is 1.18 bits per heavy atom. The zero-order valence-electron chi connectivity index (χ0n) is 24.7. The summed E-state index contributed by atoms with van der Waals surface area (Å²) < 4.78 is 13.7. The van der Waals surface area contributed by atoms with Crippen molar-refractivity contribution in [2.75, 3.05) is 6.73 Å². The molecule has 33 heavy (non-hydrogen) atoms. The summed E-state index contributed by atoms with van der Waals surface area (Å²) in [4.78, 5) is 2.38. The summed E-state index contributed by atoms with van der Waals surface area (Å²) in [6, 6.07) is 5.39. The zero-order chi connectivity index (χ0) is 26.2. The van der Waals surface area contributed by atoms with Crippen molar-refractivity contribution in [3.63, 3.8) is 0 Å². The van der Waals surface area contributed by atoms with Crippen LogP contribution in [0.4, 0.5) is 0 Å². The van der Waals surface area contributed by atoms with E-state index in [1.54, 1.807) is 0 Å². The van der Waals surface area contributed by atoms with Crippen LogP contribution < -0.4 is 9.26 Å². The van der Waals surface area contributed by atoms with Gasteiger partial charge in [-0.25, -0.2) is 0 Å². The molecule has 0 spiro atoms. The Balaban J connectivity index is 3.77. The van der Waals surface area contributed by atoms with Gasteiger partial charge in [0.1, 0.15) is 6.73 Å². The molecule has 1 aromatic rings. The third-order valence-corrected chi connectivity index (χ3v) is 8.64. The first-order valence-electron chi connectivity index (χ1n) is 12.6. The molecule has 1 rings (SSSR count). The van der Waals surface area contributed by atoms with Crippen LogP contribution in [0.25, 0.3) is 0 Å². The standard InChI is InChI=1S/C29H54NO2P/c1-20(2)30(21(3)4)19-31-25-23(27(8,9)10)17-22(26(5,6)7)18-24(25)32-33(28(11,12)13)29(14,15)16/h17-18,20-21H,19H2,1-16H3. The van der Waals surface area contributed by atoms with E-state index in [2.05, 4.69) is 128 Å². The van der Waals surface area contributed by atoms with E-state index in [9.17, 15) is 0 Å². The van der Waals surface area contributed by atoms with Crippen LogP contribution in [0.3, 0.4) is 0 Å². The lowest BCUT2D eigenvalue weighted by Gasteiger charge is -2.41. The summed E-state index contributed by atoms with van der Waals surface area (Å²) in [5.41, 5.74) is 2.46. The molecule has 0 N–H and O–H groups in total.